The third-order valence-corrected chi connectivity index (χ3v) is 4.44. The Morgan fingerprint density at radius 2 is 1.74 bits per heavy atom. The molecule has 4 heteroatoms. The maximum Gasteiger partial charge on any atom is 0.164 e. The van der Waals surface area contributed by atoms with E-state index in [0.717, 1.165) is 40.9 Å². The fourth-order valence-electron chi connectivity index (χ4n) is 2.43. The van der Waals surface area contributed by atoms with Crippen LogP contribution in [0.25, 0.3) is 0 Å². The molecule has 0 amide bonds. The number of nitrogens with zero attached hydrogens (tertiary/aromatic N) is 1. The summed E-state index contributed by atoms with van der Waals surface area (Å²) in [5.41, 5.74) is 2.32. The van der Waals surface area contributed by atoms with Crippen LogP contribution in [0.5, 0.6) is 11.5 Å². The minimum atomic E-state index is 0.516. The normalized spacial score (nSPS) is 10.8. The lowest BCUT2D eigenvalue weighted by Crippen LogP contribution is -2.13. The Hall–Kier alpha value is -1.52. The number of para-hydroxylation sites is 1. The molecular formula is C19H24BrNO2. The highest BCUT2D eigenvalue weighted by Gasteiger charge is 2.11. The highest BCUT2D eigenvalue weighted by Crippen LogP contribution is 2.33. The minimum absolute atomic E-state index is 0.516. The van der Waals surface area contributed by atoms with E-state index in [-0.39, 0.29) is 0 Å². The van der Waals surface area contributed by atoms with Crippen LogP contribution in [0.4, 0.5) is 0 Å². The maximum absolute atomic E-state index is 6.11. The quantitative estimate of drug-likeness (QED) is 0.674. The number of methoxy groups -OCH3 is 1. The first kappa shape index (κ1) is 17.8. The zero-order valence-corrected chi connectivity index (χ0v) is 15.6. The first-order chi connectivity index (χ1) is 11.1. The molecule has 0 aliphatic heterocycles. The van der Waals surface area contributed by atoms with E-state index in [4.69, 9.17) is 9.47 Å². The van der Waals surface area contributed by atoms with Gasteiger partial charge in [0.05, 0.1) is 7.11 Å². The van der Waals surface area contributed by atoms with Crippen molar-refractivity contribution in [2.75, 3.05) is 27.7 Å². The Kier molecular flexibility index (Phi) is 6.93. The van der Waals surface area contributed by atoms with Crippen molar-refractivity contribution in [1.82, 2.24) is 4.90 Å². The van der Waals surface area contributed by atoms with Crippen LogP contribution in [0.3, 0.4) is 0 Å². The molecular weight excluding hydrogens is 354 g/mol. The molecule has 0 aliphatic rings. The van der Waals surface area contributed by atoms with Crippen molar-refractivity contribution < 1.29 is 9.47 Å². The Labute approximate surface area is 147 Å². The van der Waals surface area contributed by atoms with E-state index in [2.05, 4.69) is 47.1 Å². The summed E-state index contributed by atoms with van der Waals surface area (Å²) in [5, 5.41) is 0. The number of hydrogen-bond acceptors (Lipinski definition) is 3. The van der Waals surface area contributed by atoms with Crippen molar-refractivity contribution in [3.8, 4) is 11.5 Å². The molecule has 23 heavy (non-hydrogen) atoms. The van der Waals surface area contributed by atoms with Gasteiger partial charge in [0.1, 0.15) is 6.61 Å². The smallest absolute Gasteiger partial charge is 0.164 e. The number of hydrogen-bond donors (Lipinski definition) is 0. The molecule has 0 spiro atoms. The van der Waals surface area contributed by atoms with Gasteiger partial charge in [0.15, 0.2) is 11.5 Å². The van der Waals surface area contributed by atoms with Gasteiger partial charge >= 0.3 is 0 Å². The molecule has 2 aromatic carbocycles. The highest BCUT2D eigenvalue weighted by molar-refractivity contribution is 9.10. The van der Waals surface area contributed by atoms with Crippen LogP contribution in [0.15, 0.2) is 46.9 Å². The van der Waals surface area contributed by atoms with Crippen LogP contribution in [0.2, 0.25) is 0 Å². The minimum Gasteiger partial charge on any atom is -0.493 e. The molecule has 0 bridgehead atoms. The number of rotatable bonds is 8. The Balaban J connectivity index is 2.13. The number of ether oxygens (including phenoxy) is 2. The van der Waals surface area contributed by atoms with Gasteiger partial charge in [-0.15, -0.1) is 0 Å². The lowest BCUT2D eigenvalue weighted by Gasteiger charge is -2.16. The summed E-state index contributed by atoms with van der Waals surface area (Å²) in [6.07, 6.45) is 2.06. The molecule has 0 fully saturated rings. The molecule has 0 aliphatic carbocycles. The third kappa shape index (κ3) is 5.26. The van der Waals surface area contributed by atoms with Crippen molar-refractivity contribution in [2.45, 2.75) is 19.4 Å². The molecule has 0 saturated heterocycles. The van der Waals surface area contributed by atoms with Gasteiger partial charge in [-0.3, -0.25) is 0 Å². The van der Waals surface area contributed by atoms with E-state index >= 15 is 0 Å². The van der Waals surface area contributed by atoms with E-state index in [9.17, 15) is 0 Å². The summed E-state index contributed by atoms with van der Waals surface area (Å²) in [6, 6.07) is 14.2. The SMILES string of the molecule is COc1cccc(CCCN(C)C)c1OCc1ccccc1Br. The summed E-state index contributed by atoms with van der Waals surface area (Å²) in [4.78, 5) is 2.20. The van der Waals surface area contributed by atoms with Crippen LogP contribution in [0, 0.1) is 0 Å². The second-order valence-corrected chi connectivity index (χ2v) is 6.59. The van der Waals surface area contributed by atoms with E-state index in [1.165, 1.54) is 5.56 Å². The second-order valence-electron chi connectivity index (χ2n) is 5.74. The van der Waals surface area contributed by atoms with Gasteiger partial charge in [-0.05, 0) is 51.2 Å². The number of aryl methyl sites for hydroxylation is 1. The molecule has 3 nitrogen and oxygen atoms in total. The van der Waals surface area contributed by atoms with Crippen molar-refractivity contribution in [1.29, 1.82) is 0 Å². The summed E-state index contributed by atoms with van der Waals surface area (Å²) in [5.74, 6) is 1.64. The Bertz CT molecular complexity index is 629. The van der Waals surface area contributed by atoms with E-state index < -0.39 is 0 Å². The highest BCUT2D eigenvalue weighted by atomic mass is 79.9. The fourth-order valence-corrected chi connectivity index (χ4v) is 2.83. The summed E-state index contributed by atoms with van der Waals surface area (Å²) >= 11 is 3.57. The van der Waals surface area contributed by atoms with E-state index in [1.807, 2.05) is 30.3 Å². The van der Waals surface area contributed by atoms with E-state index in [1.54, 1.807) is 7.11 Å². The number of halogens is 1. The molecule has 2 aromatic rings. The van der Waals surface area contributed by atoms with Gasteiger partial charge in [0, 0.05) is 10.0 Å². The Morgan fingerprint density at radius 3 is 2.43 bits per heavy atom. The largest absolute Gasteiger partial charge is 0.493 e. The molecule has 0 radical (unpaired) electrons. The molecule has 0 aromatic heterocycles. The van der Waals surface area contributed by atoms with Crippen molar-refractivity contribution >= 4 is 15.9 Å². The molecule has 124 valence electrons. The van der Waals surface area contributed by atoms with Gasteiger partial charge in [-0.2, -0.15) is 0 Å². The van der Waals surface area contributed by atoms with E-state index in [0.29, 0.717) is 6.61 Å². The third-order valence-electron chi connectivity index (χ3n) is 3.66. The average Bonchev–Trinajstić information content (AvgIpc) is 2.54. The zero-order valence-electron chi connectivity index (χ0n) is 14.0. The van der Waals surface area contributed by atoms with Crippen LogP contribution < -0.4 is 9.47 Å². The Morgan fingerprint density at radius 1 is 1.00 bits per heavy atom. The summed E-state index contributed by atoms with van der Waals surface area (Å²) in [6.45, 7) is 1.57. The molecule has 0 atom stereocenters. The first-order valence-corrected chi connectivity index (χ1v) is 8.58. The second kappa shape index (κ2) is 8.94. The monoisotopic (exact) mass is 377 g/mol. The summed E-state index contributed by atoms with van der Waals surface area (Å²) in [7, 11) is 5.87. The lowest BCUT2D eigenvalue weighted by atomic mass is 10.1. The zero-order chi connectivity index (χ0) is 16.7. The van der Waals surface area contributed by atoms with Crippen LogP contribution in [-0.4, -0.2) is 32.6 Å². The van der Waals surface area contributed by atoms with Crippen molar-refractivity contribution in [2.24, 2.45) is 0 Å². The predicted molar refractivity (Wildman–Crippen MR) is 98.3 cm³/mol. The molecule has 2 rings (SSSR count). The summed E-state index contributed by atoms with van der Waals surface area (Å²) < 4.78 is 12.7. The average molecular weight is 378 g/mol. The van der Waals surface area contributed by atoms with Crippen molar-refractivity contribution in [3.05, 3.63) is 58.1 Å². The molecule has 0 N–H and O–H groups in total. The van der Waals surface area contributed by atoms with Crippen LogP contribution >= 0.6 is 15.9 Å². The number of benzene rings is 2. The topological polar surface area (TPSA) is 21.7 Å². The van der Waals surface area contributed by atoms with Crippen LogP contribution in [0.1, 0.15) is 17.5 Å². The van der Waals surface area contributed by atoms with Gasteiger partial charge in [-0.25, -0.2) is 0 Å². The van der Waals surface area contributed by atoms with Crippen molar-refractivity contribution in [3.63, 3.8) is 0 Å². The van der Waals surface area contributed by atoms with Gasteiger partial charge in [-0.1, -0.05) is 46.3 Å². The lowest BCUT2D eigenvalue weighted by molar-refractivity contribution is 0.280. The molecule has 0 heterocycles. The molecule has 0 unspecified atom stereocenters. The predicted octanol–water partition coefficient (Wildman–Crippen LogP) is 4.53. The first-order valence-electron chi connectivity index (χ1n) is 7.78. The maximum atomic E-state index is 6.11. The van der Waals surface area contributed by atoms with Crippen LogP contribution in [-0.2, 0) is 13.0 Å². The van der Waals surface area contributed by atoms with Gasteiger partial charge in [0.25, 0.3) is 0 Å². The fraction of sp³-hybridized carbons (Fsp3) is 0.368. The van der Waals surface area contributed by atoms with Gasteiger partial charge < -0.3 is 14.4 Å². The molecule has 0 saturated carbocycles. The standard InChI is InChI=1S/C19H24BrNO2/c1-21(2)13-7-10-15-9-6-12-18(22-3)19(15)23-14-16-8-4-5-11-17(16)20/h4-6,8-9,11-12H,7,10,13-14H2,1-3H3. The van der Waals surface area contributed by atoms with Gasteiger partial charge in [0.2, 0.25) is 0 Å².